The van der Waals surface area contributed by atoms with Crippen LogP contribution in [0.25, 0.3) is 0 Å². The molecule has 1 saturated heterocycles. The zero-order valence-corrected chi connectivity index (χ0v) is 11.6. The first-order valence-corrected chi connectivity index (χ1v) is 6.76. The Balaban J connectivity index is 1.95. The summed E-state index contributed by atoms with van der Waals surface area (Å²) in [6.07, 6.45) is 0. The smallest absolute Gasteiger partial charge is 0.254 e. The van der Waals surface area contributed by atoms with Crippen molar-refractivity contribution in [3.8, 4) is 5.75 Å². The highest BCUT2D eigenvalue weighted by Crippen LogP contribution is 2.15. The molecule has 0 radical (unpaired) electrons. The number of ether oxygens (including phenoxy) is 2. The summed E-state index contributed by atoms with van der Waals surface area (Å²) in [5.74, 6) is 1.38. The fraction of sp³-hybridized carbons (Fsp3) is 0.533. The molecule has 4 heteroatoms. The molecule has 1 fully saturated rings. The highest BCUT2D eigenvalue weighted by molar-refractivity contribution is 5.94. The monoisotopic (exact) mass is 263 g/mol. The third-order valence-electron chi connectivity index (χ3n) is 2.98. The standard InChI is InChI=1S/C15H21NO3/c1-12(2)11-19-14-5-3-13(4-6-14)15(17)16-7-9-18-10-8-16/h3-6,12H,7-11H2,1-2H3. The van der Waals surface area contributed by atoms with Crippen LogP contribution in [0.3, 0.4) is 0 Å². The Morgan fingerprint density at radius 3 is 2.47 bits per heavy atom. The van der Waals surface area contributed by atoms with E-state index in [1.807, 2.05) is 29.2 Å². The molecule has 1 heterocycles. The van der Waals surface area contributed by atoms with Gasteiger partial charge in [-0.25, -0.2) is 0 Å². The Morgan fingerprint density at radius 1 is 1.26 bits per heavy atom. The van der Waals surface area contributed by atoms with E-state index in [1.54, 1.807) is 0 Å². The van der Waals surface area contributed by atoms with Crippen LogP contribution in [-0.4, -0.2) is 43.7 Å². The van der Waals surface area contributed by atoms with Crippen molar-refractivity contribution in [3.63, 3.8) is 0 Å². The Morgan fingerprint density at radius 2 is 1.89 bits per heavy atom. The van der Waals surface area contributed by atoms with Crippen LogP contribution < -0.4 is 4.74 Å². The van der Waals surface area contributed by atoms with Crippen LogP contribution in [0.15, 0.2) is 24.3 Å². The number of carbonyl (C=O) groups is 1. The van der Waals surface area contributed by atoms with Crippen LogP contribution in [0.1, 0.15) is 24.2 Å². The van der Waals surface area contributed by atoms with Gasteiger partial charge in [-0.3, -0.25) is 4.79 Å². The van der Waals surface area contributed by atoms with E-state index >= 15 is 0 Å². The largest absolute Gasteiger partial charge is 0.493 e. The predicted molar refractivity (Wildman–Crippen MR) is 73.5 cm³/mol. The summed E-state index contributed by atoms with van der Waals surface area (Å²) >= 11 is 0. The van der Waals surface area contributed by atoms with Gasteiger partial charge in [0.2, 0.25) is 0 Å². The van der Waals surface area contributed by atoms with Gasteiger partial charge in [-0.05, 0) is 30.2 Å². The molecule has 4 nitrogen and oxygen atoms in total. The Hall–Kier alpha value is -1.55. The van der Waals surface area contributed by atoms with E-state index in [9.17, 15) is 4.79 Å². The Labute approximate surface area is 114 Å². The number of morpholine rings is 1. The van der Waals surface area contributed by atoms with Crippen molar-refractivity contribution in [1.29, 1.82) is 0 Å². The minimum Gasteiger partial charge on any atom is -0.493 e. The fourth-order valence-electron chi connectivity index (χ4n) is 1.91. The molecule has 0 aromatic heterocycles. The molecule has 1 amide bonds. The molecule has 0 aliphatic carbocycles. The molecule has 1 aliphatic heterocycles. The number of hydrogen-bond acceptors (Lipinski definition) is 3. The number of benzene rings is 1. The van der Waals surface area contributed by atoms with Gasteiger partial charge in [0, 0.05) is 18.7 Å². The van der Waals surface area contributed by atoms with Crippen LogP contribution in [0.2, 0.25) is 0 Å². The van der Waals surface area contributed by atoms with Crippen molar-refractivity contribution in [3.05, 3.63) is 29.8 Å². The van der Waals surface area contributed by atoms with Gasteiger partial charge in [-0.15, -0.1) is 0 Å². The molecule has 0 N–H and O–H groups in total. The second-order valence-corrected chi connectivity index (χ2v) is 5.13. The lowest BCUT2D eigenvalue weighted by Gasteiger charge is -2.26. The Kier molecular flexibility index (Phi) is 4.80. The molecular formula is C15H21NO3. The summed E-state index contributed by atoms with van der Waals surface area (Å²) in [6.45, 7) is 7.50. The molecule has 2 rings (SSSR count). The van der Waals surface area contributed by atoms with Crippen LogP contribution in [-0.2, 0) is 4.74 Å². The van der Waals surface area contributed by atoms with Gasteiger partial charge in [-0.2, -0.15) is 0 Å². The lowest BCUT2D eigenvalue weighted by molar-refractivity contribution is 0.0303. The van der Waals surface area contributed by atoms with E-state index in [1.165, 1.54) is 0 Å². The van der Waals surface area contributed by atoms with Crippen molar-refractivity contribution < 1.29 is 14.3 Å². The van der Waals surface area contributed by atoms with Crippen LogP contribution in [0, 0.1) is 5.92 Å². The first-order chi connectivity index (χ1) is 9.16. The van der Waals surface area contributed by atoms with Gasteiger partial charge >= 0.3 is 0 Å². The molecule has 0 atom stereocenters. The van der Waals surface area contributed by atoms with Crippen molar-refractivity contribution >= 4 is 5.91 Å². The summed E-state index contributed by atoms with van der Waals surface area (Å²) < 4.78 is 10.8. The highest BCUT2D eigenvalue weighted by Gasteiger charge is 2.18. The van der Waals surface area contributed by atoms with Gasteiger partial charge in [0.25, 0.3) is 5.91 Å². The number of rotatable bonds is 4. The number of nitrogens with zero attached hydrogens (tertiary/aromatic N) is 1. The zero-order valence-electron chi connectivity index (χ0n) is 11.6. The van der Waals surface area contributed by atoms with Crippen molar-refractivity contribution in [2.75, 3.05) is 32.9 Å². The second kappa shape index (κ2) is 6.57. The number of carbonyl (C=O) groups excluding carboxylic acids is 1. The van der Waals surface area contributed by atoms with Crippen molar-refractivity contribution in [2.24, 2.45) is 5.92 Å². The molecule has 1 aromatic rings. The first-order valence-electron chi connectivity index (χ1n) is 6.76. The first kappa shape index (κ1) is 13.9. The van der Waals surface area contributed by atoms with Gasteiger partial charge in [0.1, 0.15) is 5.75 Å². The topological polar surface area (TPSA) is 38.8 Å². The maximum absolute atomic E-state index is 12.2. The number of hydrogen-bond donors (Lipinski definition) is 0. The highest BCUT2D eigenvalue weighted by atomic mass is 16.5. The molecule has 1 aromatic carbocycles. The zero-order chi connectivity index (χ0) is 13.7. The molecule has 0 spiro atoms. The Bertz CT molecular complexity index is 408. The summed E-state index contributed by atoms with van der Waals surface area (Å²) in [4.78, 5) is 14.0. The van der Waals surface area contributed by atoms with Crippen molar-refractivity contribution in [1.82, 2.24) is 4.90 Å². The molecule has 0 saturated carbocycles. The van der Waals surface area contributed by atoms with Gasteiger partial charge in [0.05, 0.1) is 19.8 Å². The molecule has 1 aliphatic rings. The van der Waals surface area contributed by atoms with E-state index in [2.05, 4.69) is 13.8 Å². The quantitative estimate of drug-likeness (QED) is 0.836. The van der Waals surface area contributed by atoms with Gasteiger partial charge in [0.15, 0.2) is 0 Å². The minimum absolute atomic E-state index is 0.0682. The average molecular weight is 263 g/mol. The minimum atomic E-state index is 0.0682. The summed E-state index contributed by atoms with van der Waals surface area (Å²) in [5, 5.41) is 0. The van der Waals surface area contributed by atoms with Crippen LogP contribution in [0.4, 0.5) is 0 Å². The average Bonchev–Trinajstić information content (AvgIpc) is 2.46. The third kappa shape index (κ3) is 3.96. The third-order valence-corrected chi connectivity index (χ3v) is 2.98. The summed E-state index contributed by atoms with van der Waals surface area (Å²) in [5.41, 5.74) is 0.707. The van der Waals surface area contributed by atoms with E-state index in [-0.39, 0.29) is 5.91 Å². The number of amides is 1. The molecule has 104 valence electrons. The fourth-order valence-corrected chi connectivity index (χ4v) is 1.91. The van der Waals surface area contributed by atoms with E-state index < -0.39 is 0 Å². The summed E-state index contributed by atoms with van der Waals surface area (Å²) in [7, 11) is 0. The van der Waals surface area contributed by atoms with E-state index in [0.717, 1.165) is 5.75 Å². The lowest BCUT2D eigenvalue weighted by Crippen LogP contribution is -2.40. The van der Waals surface area contributed by atoms with E-state index in [0.29, 0.717) is 44.4 Å². The molecule has 19 heavy (non-hydrogen) atoms. The maximum atomic E-state index is 12.2. The van der Waals surface area contributed by atoms with Crippen LogP contribution in [0.5, 0.6) is 5.75 Å². The maximum Gasteiger partial charge on any atom is 0.254 e. The predicted octanol–water partition coefficient (Wildman–Crippen LogP) is 2.19. The van der Waals surface area contributed by atoms with Gasteiger partial charge < -0.3 is 14.4 Å². The second-order valence-electron chi connectivity index (χ2n) is 5.13. The lowest BCUT2D eigenvalue weighted by atomic mass is 10.2. The SMILES string of the molecule is CC(C)COc1ccc(C(=O)N2CCOCC2)cc1. The van der Waals surface area contributed by atoms with E-state index in [4.69, 9.17) is 9.47 Å². The molecule has 0 unspecified atom stereocenters. The van der Waals surface area contributed by atoms with Crippen LogP contribution >= 0.6 is 0 Å². The molecule has 0 bridgehead atoms. The van der Waals surface area contributed by atoms with Crippen molar-refractivity contribution in [2.45, 2.75) is 13.8 Å². The normalized spacial score (nSPS) is 15.6. The van der Waals surface area contributed by atoms with Gasteiger partial charge in [-0.1, -0.05) is 13.8 Å². The molecular weight excluding hydrogens is 242 g/mol. The summed E-state index contributed by atoms with van der Waals surface area (Å²) in [6, 6.07) is 7.37.